The Labute approximate surface area is 250 Å². The molecule has 1 fully saturated rings. The third kappa shape index (κ3) is 9.83. The van der Waals surface area contributed by atoms with E-state index in [4.69, 9.17) is 28.3 Å². The first-order valence-corrected chi connectivity index (χ1v) is 14.3. The van der Waals surface area contributed by atoms with Crippen LogP contribution in [0.3, 0.4) is 0 Å². The van der Waals surface area contributed by atoms with Crippen LogP contribution in [0, 0.1) is 11.3 Å². The highest BCUT2D eigenvalue weighted by molar-refractivity contribution is 6.02. The summed E-state index contributed by atoms with van der Waals surface area (Å²) in [7, 11) is 0. The van der Waals surface area contributed by atoms with Crippen molar-refractivity contribution in [3.63, 3.8) is 0 Å². The fourth-order valence-electron chi connectivity index (χ4n) is 4.92. The molecule has 2 aromatic rings. The van der Waals surface area contributed by atoms with Gasteiger partial charge in [-0.05, 0) is 49.7 Å². The molecule has 0 aromatic heterocycles. The van der Waals surface area contributed by atoms with Gasteiger partial charge in [-0.1, -0.05) is 54.6 Å². The predicted molar refractivity (Wildman–Crippen MR) is 163 cm³/mol. The minimum Gasteiger partial charge on any atom is -0.384 e. The molecule has 0 radical (unpaired) electrons. The molecule has 1 aliphatic heterocycles. The summed E-state index contributed by atoms with van der Waals surface area (Å²) in [4.78, 5) is 58.8. The van der Waals surface area contributed by atoms with Crippen LogP contribution in [-0.2, 0) is 25.6 Å². The van der Waals surface area contributed by atoms with E-state index >= 15 is 0 Å². The number of primary amides is 1. The molecule has 2 aromatic carbocycles. The molecule has 0 aliphatic carbocycles. The Morgan fingerprint density at radius 3 is 2.09 bits per heavy atom. The number of amidine groups is 1. The van der Waals surface area contributed by atoms with Crippen LogP contribution in [-0.4, -0.2) is 66.0 Å². The fourth-order valence-corrected chi connectivity index (χ4v) is 4.92. The molecular formula is C30H41N9O4. The highest BCUT2D eigenvalue weighted by atomic mass is 16.2. The van der Waals surface area contributed by atoms with Gasteiger partial charge in [-0.25, -0.2) is 0 Å². The molecule has 13 heteroatoms. The average molecular weight is 592 g/mol. The minimum atomic E-state index is -1.20. The zero-order valence-corrected chi connectivity index (χ0v) is 24.1. The first-order valence-electron chi connectivity index (χ1n) is 14.3. The van der Waals surface area contributed by atoms with Gasteiger partial charge in [-0.3, -0.25) is 29.6 Å². The summed E-state index contributed by atoms with van der Waals surface area (Å²) in [5, 5.41) is 13.0. The van der Waals surface area contributed by atoms with Crippen LogP contribution < -0.4 is 33.6 Å². The summed E-state index contributed by atoms with van der Waals surface area (Å²) >= 11 is 0. The zero-order valence-electron chi connectivity index (χ0n) is 24.1. The summed E-state index contributed by atoms with van der Waals surface area (Å²) in [6, 6.07) is 13.1. The monoisotopic (exact) mass is 591 g/mol. The van der Waals surface area contributed by atoms with Gasteiger partial charge in [0.1, 0.15) is 23.8 Å². The number of guanidine groups is 1. The number of nitrogens with one attached hydrogen (secondary N) is 3. The Balaban J connectivity index is 1.85. The number of likely N-dealkylation sites (tertiary alicyclic amines) is 1. The van der Waals surface area contributed by atoms with Crippen molar-refractivity contribution in [2.24, 2.45) is 33.8 Å². The van der Waals surface area contributed by atoms with E-state index in [-0.39, 0.29) is 37.1 Å². The first kappa shape index (κ1) is 32.6. The molecule has 0 bridgehead atoms. The second-order valence-corrected chi connectivity index (χ2v) is 10.5. The number of nitrogens with zero attached hydrogens (tertiary/aromatic N) is 2. The quantitative estimate of drug-likeness (QED) is 0.0687. The number of nitrogen functional groups attached to an aromatic ring is 1. The average Bonchev–Trinajstić information content (AvgIpc) is 3.00. The Bertz CT molecular complexity index is 1300. The Kier molecular flexibility index (Phi) is 12.0. The number of nitrogens with two attached hydrogens (primary N) is 4. The van der Waals surface area contributed by atoms with Crippen molar-refractivity contribution >= 4 is 35.4 Å². The number of rotatable bonds is 14. The van der Waals surface area contributed by atoms with Gasteiger partial charge in [0.15, 0.2) is 5.96 Å². The van der Waals surface area contributed by atoms with Crippen LogP contribution in [0.15, 0.2) is 59.6 Å². The molecule has 1 saturated heterocycles. The topological polar surface area (TPSA) is 236 Å². The second kappa shape index (κ2) is 15.9. The zero-order chi connectivity index (χ0) is 31.4. The fraction of sp³-hybridized carbons (Fsp3) is 0.400. The van der Waals surface area contributed by atoms with Crippen molar-refractivity contribution in [2.45, 2.75) is 50.6 Å². The Hall–Kier alpha value is -4.94. The van der Waals surface area contributed by atoms with Crippen molar-refractivity contribution in [2.75, 3.05) is 19.6 Å². The van der Waals surface area contributed by atoms with Crippen LogP contribution in [0.4, 0.5) is 0 Å². The van der Waals surface area contributed by atoms with E-state index in [9.17, 15) is 19.2 Å². The number of benzene rings is 2. The van der Waals surface area contributed by atoms with Crippen molar-refractivity contribution in [1.82, 2.24) is 15.5 Å². The van der Waals surface area contributed by atoms with Gasteiger partial charge >= 0.3 is 0 Å². The van der Waals surface area contributed by atoms with E-state index in [2.05, 4.69) is 15.6 Å². The van der Waals surface area contributed by atoms with Gasteiger partial charge < -0.3 is 38.5 Å². The molecule has 3 atom stereocenters. The minimum absolute atomic E-state index is 0.0805. The molecule has 0 spiro atoms. The largest absolute Gasteiger partial charge is 0.384 e. The maximum absolute atomic E-state index is 13.9. The number of carbonyl (C=O) groups excluding carboxylic acids is 4. The van der Waals surface area contributed by atoms with Crippen LogP contribution in [0.5, 0.6) is 0 Å². The van der Waals surface area contributed by atoms with Crippen LogP contribution >= 0.6 is 0 Å². The van der Waals surface area contributed by atoms with Gasteiger partial charge in [-0.15, -0.1) is 0 Å². The summed E-state index contributed by atoms with van der Waals surface area (Å²) in [5.74, 6) is -3.65. The first-order chi connectivity index (χ1) is 20.6. The molecule has 13 nitrogen and oxygen atoms in total. The number of piperidine rings is 1. The maximum Gasteiger partial charge on any atom is 0.247 e. The molecule has 3 rings (SSSR count). The third-order valence-electron chi connectivity index (χ3n) is 7.27. The molecule has 1 heterocycles. The predicted octanol–water partition coefficient (Wildman–Crippen LogP) is 0.0231. The van der Waals surface area contributed by atoms with Crippen molar-refractivity contribution < 1.29 is 19.2 Å². The lowest BCUT2D eigenvalue weighted by molar-refractivity contribution is -0.144. The van der Waals surface area contributed by atoms with E-state index in [0.717, 1.165) is 19.3 Å². The summed E-state index contributed by atoms with van der Waals surface area (Å²) in [6.45, 7) is 1.35. The lowest BCUT2D eigenvalue weighted by atomic mass is 9.94. The van der Waals surface area contributed by atoms with Crippen LogP contribution in [0.2, 0.25) is 0 Å². The normalized spacial score (nSPS) is 14.9. The number of hydrogen-bond acceptors (Lipinski definition) is 6. The third-order valence-corrected chi connectivity index (χ3v) is 7.27. The summed E-state index contributed by atoms with van der Waals surface area (Å²) < 4.78 is 0. The van der Waals surface area contributed by atoms with E-state index in [1.807, 2.05) is 0 Å². The molecule has 1 unspecified atom stereocenters. The lowest BCUT2D eigenvalue weighted by Crippen LogP contribution is -2.52. The number of aliphatic imine (C=N–C) groups is 1. The van der Waals surface area contributed by atoms with Gasteiger partial charge in [0.05, 0.1) is 0 Å². The van der Waals surface area contributed by atoms with Gasteiger partial charge in [0.2, 0.25) is 23.6 Å². The number of amides is 4. The van der Waals surface area contributed by atoms with Crippen molar-refractivity contribution in [1.29, 1.82) is 5.41 Å². The maximum atomic E-state index is 13.9. The van der Waals surface area contributed by atoms with E-state index < -0.39 is 35.7 Å². The van der Waals surface area contributed by atoms with Gasteiger partial charge in [-0.2, -0.15) is 0 Å². The van der Waals surface area contributed by atoms with E-state index in [1.54, 1.807) is 59.5 Å². The molecule has 43 heavy (non-hydrogen) atoms. The van der Waals surface area contributed by atoms with E-state index in [0.29, 0.717) is 36.2 Å². The van der Waals surface area contributed by atoms with Crippen molar-refractivity contribution in [3.8, 4) is 0 Å². The summed E-state index contributed by atoms with van der Waals surface area (Å²) in [6.07, 6.45) is 3.34. The lowest BCUT2D eigenvalue weighted by Gasteiger charge is -2.31. The number of carbonyl (C=O) groups is 4. The van der Waals surface area contributed by atoms with Crippen LogP contribution in [0.25, 0.3) is 0 Å². The smallest absolute Gasteiger partial charge is 0.247 e. The van der Waals surface area contributed by atoms with E-state index in [1.165, 1.54) is 0 Å². The van der Waals surface area contributed by atoms with Gasteiger partial charge in [0, 0.05) is 25.2 Å². The second-order valence-electron chi connectivity index (χ2n) is 10.5. The molecule has 4 amide bonds. The molecule has 0 saturated carbocycles. The van der Waals surface area contributed by atoms with Crippen molar-refractivity contribution in [3.05, 3.63) is 71.3 Å². The summed E-state index contributed by atoms with van der Waals surface area (Å²) in [5.41, 5.74) is 23.5. The highest BCUT2D eigenvalue weighted by Crippen LogP contribution is 2.20. The Morgan fingerprint density at radius 1 is 0.860 bits per heavy atom. The molecule has 11 N–H and O–H groups in total. The Morgan fingerprint density at radius 2 is 1.51 bits per heavy atom. The molecular weight excluding hydrogens is 550 g/mol. The van der Waals surface area contributed by atoms with Gasteiger partial charge in [0.25, 0.3) is 0 Å². The standard InChI is InChI=1S/C30H41N9O4/c31-25(32)21-13-11-19(12-14-21)18-22(29(43)39-16-5-2-6-17-39)27(41)38-24(20-8-3-1-4-9-20)28(42)37-23(26(33)40)10-7-15-36-30(34)35/h1,3-4,8-9,11-14,22-24H,2,5-7,10,15-18H2,(H3,31,32)(H2,33,40)(H,37,42)(H,38,41)(H4,34,35,36)/t22?,23-,24-/m0/s1. The molecule has 1 aliphatic rings. The molecule has 230 valence electrons. The highest BCUT2D eigenvalue weighted by Gasteiger charge is 2.35. The SMILES string of the molecule is N=C(N)c1ccc(CC(C(=O)N[C@H](C(=O)N[C@@H](CCCN=C(N)N)C(N)=O)c2ccccc2)C(=O)N2CCCCC2)cc1. The number of hydrogen-bond donors (Lipinski definition) is 7. The van der Waals surface area contributed by atoms with Crippen LogP contribution in [0.1, 0.15) is 54.8 Å².